The van der Waals surface area contributed by atoms with Crippen LogP contribution in [-0.4, -0.2) is 42.5 Å². The van der Waals surface area contributed by atoms with Crippen LogP contribution in [0.2, 0.25) is 5.04 Å². The number of hydrogen-bond acceptors (Lipinski definition) is 6. The number of hydrogen-bond donors (Lipinski definition) is 1. The number of fused-ring (bicyclic) bond motifs is 1. The topological polar surface area (TPSA) is 88.6 Å². The molecule has 1 saturated heterocycles. The highest BCUT2D eigenvalue weighted by atomic mass is 28.4. The van der Waals surface area contributed by atoms with Crippen molar-refractivity contribution in [2.75, 3.05) is 12.3 Å². The van der Waals surface area contributed by atoms with Crippen LogP contribution in [-0.2, 0) is 13.9 Å². The van der Waals surface area contributed by atoms with Gasteiger partial charge in [0.1, 0.15) is 6.10 Å². The van der Waals surface area contributed by atoms with E-state index in [1.165, 1.54) is 14.9 Å². The zero-order chi connectivity index (χ0) is 27.3. The molecule has 1 aliphatic heterocycles. The lowest BCUT2D eigenvalue weighted by Gasteiger charge is -2.43. The van der Waals surface area contributed by atoms with Crippen LogP contribution in [0, 0.1) is 11.7 Å². The maximum atomic E-state index is 14.4. The number of ether oxygens (including phenoxy) is 2. The lowest BCUT2D eigenvalue weighted by atomic mass is 10.1. The molecule has 0 radical (unpaired) electrons. The summed E-state index contributed by atoms with van der Waals surface area (Å²) in [7, 11) is -2.78. The molecule has 0 amide bonds. The Morgan fingerprint density at radius 2 is 1.61 bits per heavy atom. The summed E-state index contributed by atoms with van der Waals surface area (Å²) < 4.78 is 35.5. The fourth-order valence-corrected chi connectivity index (χ4v) is 10.8. The minimum Gasteiger partial charge on any atom is -0.407 e. The number of rotatable bonds is 6. The first-order chi connectivity index (χ1) is 17.9. The third-order valence-electron chi connectivity index (χ3n) is 7.77. The molecule has 0 unspecified atom stereocenters. The first-order valence-electron chi connectivity index (χ1n) is 13.1. The first kappa shape index (κ1) is 26.7. The van der Waals surface area contributed by atoms with Crippen molar-refractivity contribution in [3.63, 3.8) is 0 Å². The van der Waals surface area contributed by atoms with Gasteiger partial charge >= 0.3 is 5.69 Å². The van der Waals surface area contributed by atoms with Gasteiger partial charge in [0, 0.05) is 18.7 Å². The summed E-state index contributed by atoms with van der Waals surface area (Å²) in [4.78, 5) is 16.4. The van der Waals surface area contributed by atoms with Crippen molar-refractivity contribution in [1.29, 1.82) is 0 Å². The number of halogens is 1. The van der Waals surface area contributed by atoms with E-state index in [9.17, 15) is 9.18 Å². The summed E-state index contributed by atoms with van der Waals surface area (Å²) in [5.74, 6) is -2.06. The van der Waals surface area contributed by atoms with Crippen molar-refractivity contribution >= 4 is 24.5 Å². The molecular formula is C29H36FN3O4Si. The monoisotopic (exact) mass is 537 g/mol. The Morgan fingerprint density at radius 3 is 2.16 bits per heavy atom. The second-order valence-corrected chi connectivity index (χ2v) is 16.1. The number of benzene rings is 2. The molecule has 2 N–H and O–H groups in total. The smallest absolute Gasteiger partial charge is 0.350 e. The molecule has 1 saturated carbocycles. The first-order valence-corrected chi connectivity index (χ1v) is 15.0. The molecule has 202 valence electrons. The summed E-state index contributed by atoms with van der Waals surface area (Å²) in [6, 6.07) is 20.4. The van der Waals surface area contributed by atoms with E-state index in [0.717, 1.165) is 6.20 Å². The van der Waals surface area contributed by atoms with Gasteiger partial charge in [-0.05, 0) is 35.7 Å². The molecule has 0 bridgehead atoms. The van der Waals surface area contributed by atoms with Gasteiger partial charge in [0.2, 0.25) is 0 Å². The second kappa shape index (κ2) is 9.71. The number of nitrogens with zero attached hydrogens (tertiary/aromatic N) is 2. The van der Waals surface area contributed by atoms with Crippen molar-refractivity contribution < 1.29 is 18.3 Å². The third kappa shape index (κ3) is 4.62. The zero-order valence-electron chi connectivity index (χ0n) is 22.6. The quantitative estimate of drug-likeness (QED) is 0.483. The van der Waals surface area contributed by atoms with Gasteiger partial charge in [-0.15, -0.1) is 0 Å². The molecule has 0 spiro atoms. The van der Waals surface area contributed by atoms with E-state index in [1.807, 2.05) is 26.0 Å². The summed E-state index contributed by atoms with van der Waals surface area (Å²) in [5, 5.41) is 2.20. The Hall–Kier alpha value is -2.85. The van der Waals surface area contributed by atoms with Crippen LogP contribution in [0.1, 0.15) is 47.1 Å². The van der Waals surface area contributed by atoms with Crippen molar-refractivity contribution in [2.24, 2.45) is 5.92 Å². The van der Waals surface area contributed by atoms with Crippen LogP contribution < -0.4 is 21.8 Å². The molecule has 2 aromatic carbocycles. The third-order valence-corrected chi connectivity index (χ3v) is 12.8. The molecule has 3 aromatic rings. The van der Waals surface area contributed by atoms with Crippen LogP contribution in [0.4, 0.5) is 10.2 Å². The Kier molecular flexibility index (Phi) is 6.84. The van der Waals surface area contributed by atoms with Crippen LogP contribution in [0.15, 0.2) is 71.7 Å². The lowest BCUT2D eigenvalue weighted by Crippen LogP contribution is -2.67. The highest BCUT2D eigenvalue weighted by Crippen LogP contribution is 2.47. The minimum atomic E-state index is -2.78. The fourth-order valence-electron chi connectivity index (χ4n) is 6.18. The Balaban J connectivity index is 1.53. The van der Waals surface area contributed by atoms with Crippen molar-refractivity contribution in [3.8, 4) is 0 Å². The average molecular weight is 538 g/mol. The van der Waals surface area contributed by atoms with E-state index in [2.05, 4.69) is 74.3 Å². The van der Waals surface area contributed by atoms with E-state index in [4.69, 9.17) is 19.6 Å². The molecule has 4 atom stereocenters. The van der Waals surface area contributed by atoms with E-state index in [1.54, 1.807) is 0 Å². The molecule has 2 aliphatic rings. The summed E-state index contributed by atoms with van der Waals surface area (Å²) in [5.41, 5.74) is 4.94. The largest absolute Gasteiger partial charge is 0.407 e. The predicted octanol–water partition coefficient (Wildman–Crippen LogP) is 3.62. The predicted molar refractivity (Wildman–Crippen MR) is 147 cm³/mol. The second-order valence-electron chi connectivity index (χ2n) is 11.8. The zero-order valence-corrected chi connectivity index (χ0v) is 23.6. The van der Waals surface area contributed by atoms with Crippen molar-refractivity contribution in [3.05, 3.63) is 83.2 Å². The SMILES string of the molecule is CC1(C)O[C@@H]2[C@@H](CO[Si](c3ccccc3)(c3ccccc3)C(C)(C)C)C[C@@H](n3cc(F)c(N)nc3=O)[C@@H]2O1. The number of nitrogens with two attached hydrogens (primary N) is 1. The van der Waals surface area contributed by atoms with Gasteiger partial charge in [0.15, 0.2) is 17.4 Å². The molecular weight excluding hydrogens is 501 g/mol. The van der Waals surface area contributed by atoms with E-state index in [0.29, 0.717) is 13.0 Å². The van der Waals surface area contributed by atoms with Gasteiger partial charge < -0.3 is 19.6 Å². The number of aromatic nitrogens is 2. The summed E-state index contributed by atoms with van der Waals surface area (Å²) in [6.07, 6.45) is 0.891. The molecule has 2 heterocycles. The highest BCUT2D eigenvalue weighted by molar-refractivity contribution is 6.99. The van der Waals surface area contributed by atoms with E-state index >= 15 is 0 Å². The molecule has 38 heavy (non-hydrogen) atoms. The normalized spacial score (nSPS) is 24.9. The molecule has 7 nitrogen and oxygen atoms in total. The van der Waals surface area contributed by atoms with Gasteiger partial charge in [0.25, 0.3) is 8.32 Å². The van der Waals surface area contributed by atoms with Crippen molar-refractivity contribution in [1.82, 2.24) is 9.55 Å². The Labute approximate surface area is 223 Å². The summed E-state index contributed by atoms with van der Waals surface area (Å²) >= 11 is 0. The van der Waals surface area contributed by atoms with Crippen molar-refractivity contribution in [2.45, 2.75) is 70.1 Å². The van der Waals surface area contributed by atoms with Gasteiger partial charge in [-0.2, -0.15) is 4.98 Å². The Morgan fingerprint density at radius 1 is 1.05 bits per heavy atom. The number of anilines is 1. The standard InChI is InChI=1S/C29H36FN3O4Si/c1-28(2,3)38(20-12-8-6-9-13-20,21-14-10-7-11-15-21)35-18-19-16-23(25-24(19)36-29(4,5)37-25)33-17-22(30)26(31)32-27(33)34/h6-15,17,19,23-25H,16,18H2,1-5H3,(H2,31,32,34)/t19-,23-,24-,25+/m1/s1. The molecule has 1 aliphatic carbocycles. The lowest BCUT2D eigenvalue weighted by molar-refractivity contribution is -0.161. The van der Waals surface area contributed by atoms with Crippen LogP contribution in [0.3, 0.4) is 0 Å². The molecule has 5 rings (SSSR count). The maximum absolute atomic E-state index is 14.4. The maximum Gasteiger partial charge on any atom is 0.350 e. The molecule has 9 heteroatoms. The van der Waals surface area contributed by atoms with Gasteiger partial charge in [-0.1, -0.05) is 81.4 Å². The van der Waals surface area contributed by atoms with Gasteiger partial charge in [-0.3, -0.25) is 4.57 Å². The minimum absolute atomic E-state index is 0.0825. The van der Waals surface area contributed by atoms with Crippen LogP contribution in [0.5, 0.6) is 0 Å². The summed E-state index contributed by atoms with van der Waals surface area (Å²) in [6.45, 7) is 10.8. The average Bonchev–Trinajstić information content (AvgIpc) is 3.35. The van der Waals surface area contributed by atoms with E-state index < -0.39 is 43.6 Å². The van der Waals surface area contributed by atoms with Gasteiger partial charge in [0.05, 0.1) is 12.1 Å². The Bertz CT molecular complexity index is 1300. The van der Waals surface area contributed by atoms with Crippen LogP contribution >= 0.6 is 0 Å². The molecule has 2 fully saturated rings. The number of nitrogen functional groups attached to an aromatic ring is 1. The molecule has 1 aromatic heterocycles. The fraction of sp³-hybridized carbons (Fsp3) is 0.448. The van der Waals surface area contributed by atoms with E-state index in [-0.39, 0.29) is 17.1 Å². The highest BCUT2D eigenvalue weighted by Gasteiger charge is 2.57. The van der Waals surface area contributed by atoms with Gasteiger partial charge in [-0.25, -0.2) is 9.18 Å². The van der Waals surface area contributed by atoms with Crippen LogP contribution in [0.25, 0.3) is 0 Å².